The highest BCUT2D eigenvalue weighted by Crippen LogP contribution is 2.29. The first-order valence-electron chi connectivity index (χ1n) is 6.82. The molecule has 1 aliphatic rings. The van der Waals surface area contributed by atoms with Crippen LogP contribution in [0.25, 0.3) is 0 Å². The third-order valence-corrected chi connectivity index (χ3v) is 3.94. The van der Waals surface area contributed by atoms with Gasteiger partial charge in [0.05, 0.1) is 5.69 Å². The monoisotopic (exact) mass is 236 g/mol. The summed E-state index contributed by atoms with van der Waals surface area (Å²) < 4.78 is 5.86. The van der Waals surface area contributed by atoms with Gasteiger partial charge < -0.3 is 9.73 Å². The molecule has 2 heterocycles. The zero-order valence-corrected chi connectivity index (χ0v) is 11.4. The lowest BCUT2D eigenvalue weighted by molar-refractivity contribution is 0.331. The van der Waals surface area contributed by atoms with Crippen molar-refractivity contribution in [2.24, 2.45) is 0 Å². The van der Waals surface area contributed by atoms with Crippen LogP contribution in [0, 0.1) is 6.92 Å². The van der Waals surface area contributed by atoms with E-state index in [0.717, 1.165) is 30.3 Å². The minimum atomic E-state index is 0.461. The Morgan fingerprint density at radius 2 is 2.24 bits per heavy atom. The van der Waals surface area contributed by atoms with Crippen molar-refractivity contribution in [1.29, 1.82) is 0 Å². The molecule has 1 aromatic heterocycles. The van der Waals surface area contributed by atoms with Gasteiger partial charge >= 0.3 is 0 Å². The molecular formula is C14H24N2O. The van der Waals surface area contributed by atoms with Gasteiger partial charge in [-0.05, 0) is 33.1 Å². The van der Waals surface area contributed by atoms with Crippen molar-refractivity contribution >= 4 is 0 Å². The van der Waals surface area contributed by atoms with Gasteiger partial charge in [0.25, 0.3) is 0 Å². The highest BCUT2D eigenvalue weighted by molar-refractivity contribution is 5.15. The van der Waals surface area contributed by atoms with E-state index in [1.54, 1.807) is 0 Å². The third-order valence-electron chi connectivity index (χ3n) is 3.94. The SMILES string of the molecule is CC[C@H](C)c1nc(C2CC[C@@H](C)NC2)oc1C. The van der Waals surface area contributed by atoms with Gasteiger partial charge in [0, 0.05) is 24.4 Å². The van der Waals surface area contributed by atoms with Crippen LogP contribution < -0.4 is 5.32 Å². The number of aryl methyl sites for hydroxylation is 1. The van der Waals surface area contributed by atoms with Crippen LogP contribution in [0.2, 0.25) is 0 Å². The largest absolute Gasteiger partial charge is 0.445 e. The van der Waals surface area contributed by atoms with E-state index < -0.39 is 0 Å². The molecule has 1 saturated heterocycles. The zero-order valence-electron chi connectivity index (χ0n) is 11.4. The molecule has 1 aromatic rings. The molecule has 3 nitrogen and oxygen atoms in total. The van der Waals surface area contributed by atoms with Crippen LogP contribution in [-0.2, 0) is 0 Å². The third kappa shape index (κ3) is 2.71. The van der Waals surface area contributed by atoms with E-state index in [1.807, 2.05) is 6.92 Å². The fraction of sp³-hybridized carbons (Fsp3) is 0.786. The lowest BCUT2D eigenvalue weighted by Crippen LogP contribution is -2.35. The Kier molecular flexibility index (Phi) is 3.87. The lowest BCUT2D eigenvalue weighted by atomic mass is 9.95. The molecule has 96 valence electrons. The number of nitrogens with one attached hydrogen (secondary N) is 1. The normalized spacial score (nSPS) is 27.1. The molecule has 0 aliphatic carbocycles. The summed E-state index contributed by atoms with van der Waals surface area (Å²) in [5.74, 6) is 2.91. The number of nitrogens with zero attached hydrogens (tertiary/aromatic N) is 1. The number of oxazole rings is 1. The van der Waals surface area contributed by atoms with Crippen molar-refractivity contribution in [3.63, 3.8) is 0 Å². The average Bonchev–Trinajstić information content (AvgIpc) is 2.71. The summed E-state index contributed by atoms with van der Waals surface area (Å²) in [6.45, 7) is 9.69. The summed E-state index contributed by atoms with van der Waals surface area (Å²) in [5.41, 5.74) is 1.15. The first-order chi connectivity index (χ1) is 8.11. The average molecular weight is 236 g/mol. The number of piperidine rings is 1. The highest BCUT2D eigenvalue weighted by atomic mass is 16.4. The van der Waals surface area contributed by atoms with Crippen LogP contribution in [0.4, 0.5) is 0 Å². The smallest absolute Gasteiger partial charge is 0.199 e. The van der Waals surface area contributed by atoms with Crippen LogP contribution in [0.5, 0.6) is 0 Å². The Morgan fingerprint density at radius 1 is 1.47 bits per heavy atom. The van der Waals surface area contributed by atoms with Crippen LogP contribution in [-0.4, -0.2) is 17.6 Å². The van der Waals surface area contributed by atoms with E-state index in [9.17, 15) is 0 Å². The quantitative estimate of drug-likeness (QED) is 0.874. The van der Waals surface area contributed by atoms with Crippen LogP contribution in [0.15, 0.2) is 4.42 Å². The standard InChI is InChI=1S/C14H24N2O/c1-5-9(2)13-11(4)17-14(16-13)12-7-6-10(3)15-8-12/h9-10,12,15H,5-8H2,1-4H3/t9-,10+,12?/m0/s1. The van der Waals surface area contributed by atoms with E-state index >= 15 is 0 Å². The molecule has 0 radical (unpaired) electrons. The topological polar surface area (TPSA) is 38.1 Å². The lowest BCUT2D eigenvalue weighted by Gasteiger charge is -2.25. The van der Waals surface area contributed by atoms with Gasteiger partial charge in [-0.2, -0.15) is 0 Å². The Balaban J connectivity index is 2.11. The predicted octanol–water partition coefficient (Wildman–Crippen LogP) is 3.35. The fourth-order valence-electron chi connectivity index (χ4n) is 2.46. The van der Waals surface area contributed by atoms with Crippen molar-refractivity contribution in [1.82, 2.24) is 10.3 Å². The van der Waals surface area contributed by atoms with E-state index in [-0.39, 0.29) is 0 Å². The van der Waals surface area contributed by atoms with Gasteiger partial charge in [0.15, 0.2) is 5.89 Å². The van der Waals surface area contributed by atoms with Gasteiger partial charge in [-0.25, -0.2) is 4.98 Å². The van der Waals surface area contributed by atoms with Gasteiger partial charge in [-0.15, -0.1) is 0 Å². The highest BCUT2D eigenvalue weighted by Gasteiger charge is 2.25. The van der Waals surface area contributed by atoms with E-state index in [0.29, 0.717) is 17.9 Å². The van der Waals surface area contributed by atoms with E-state index in [2.05, 4.69) is 26.1 Å². The number of aromatic nitrogens is 1. The number of hydrogen-bond donors (Lipinski definition) is 1. The van der Waals surface area contributed by atoms with Gasteiger partial charge in [-0.3, -0.25) is 0 Å². The number of hydrogen-bond acceptors (Lipinski definition) is 3. The summed E-state index contributed by atoms with van der Waals surface area (Å²) >= 11 is 0. The molecule has 1 fully saturated rings. The van der Waals surface area contributed by atoms with Crippen LogP contribution in [0.1, 0.15) is 69.2 Å². The summed E-state index contributed by atoms with van der Waals surface area (Å²) in [6, 6.07) is 0.636. The Hall–Kier alpha value is -0.830. The molecule has 0 amide bonds. The van der Waals surface area contributed by atoms with E-state index in [1.165, 1.54) is 12.8 Å². The molecule has 3 atom stereocenters. The zero-order chi connectivity index (χ0) is 12.4. The van der Waals surface area contributed by atoms with Gasteiger partial charge in [-0.1, -0.05) is 13.8 Å². The van der Waals surface area contributed by atoms with Gasteiger partial charge in [0.2, 0.25) is 0 Å². The van der Waals surface area contributed by atoms with Crippen molar-refractivity contribution in [3.8, 4) is 0 Å². The van der Waals surface area contributed by atoms with E-state index in [4.69, 9.17) is 9.40 Å². The summed E-state index contributed by atoms with van der Waals surface area (Å²) in [4.78, 5) is 4.72. The van der Waals surface area contributed by atoms with Crippen molar-refractivity contribution in [3.05, 3.63) is 17.3 Å². The minimum absolute atomic E-state index is 0.461. The Labute approximate surface area is 104 Å². The molecule has 0 bridgehead atoms. The number of rotatable bonds is 3. The summed E-state index contributed by atoms with van der Waals surface area (Å²) in [7, 11) is 0. The maximum Gasteiger partial charge on any atom is 0.199 e. The van der Waals surface area contributed by atoms with Gasteiger partial charge in [0.1, 0.15) is 5.76 Å². The summed E-state index contributed by atoms with van der Waals surface area (Å²) in [5, 5.41) is 3.50. The predicted molar refractivity (Wildman–Crippen MR) is 69.4 cm³/mol. The van der Waals surface area contributed by atoms with Crippen LogP contribution >= 0.6 is 0 Å². The van der Waals surface area contributed by atoms with Crippen molar-refractivity contribution < 1.29 is 4.42 Å². The molecule has 1 unspecified atom stereocenters. The molecule has 3 heteroatoms. The summed E-state index contributed by atoms with van der Waals surface area (Å²) in [6.07, 6.45) is 3.52. The molecule has 2 rings (SSSR count). The molecule has 0 spiro atoms. The molecule has 1 aliphatic heterocycles. The molecule has 0 aromatic carbocycles. The molecule has 17 heavy (non-hydrogen) atoms. The minimum Gasteiger partial charge on any atom is -0.445 e. The maximum absolute atomic E-state index is 5.86. The first-order valence-corrected chi connectivity index (χ1v) is 6.82. The second-order valence-electron chi connectivity index (χ2n) is 5.39. The molecular weight excluding hydrogens is 212 g/mol. The van der Waals surface area contributed by atoms with Crippen molar-refractivity contribution in [2.75, 3.05) is 6.54 Å². The Morgan fingerprint density at radius 3 is 2.82 bits per heavy atom. The molecule has 1 N–H and O–H groups in total. The fourth-order valence-corrected chi connectivity index (χ4v) is 2.46. The second kappa shape index (κ2) is 5.21. The first kappa shape index (κ1) is 12.6. The van der Waals surface area contributed by atoms with Crippen molar-refractivity contribution in [2.45, 2.75) is 64.8 Å². The van der Waals surface area contributed by atoms with Crippen LogP contribution in [0.3, 0.4) is 0 Å². The molecule has 0 saturated carbocycles. The Bertz CT molecular complexity index is 364. The second-order valence-corrected chi connectivity index (χ2v) is 5.39. The maximum atomic E-state index is 5.86.